The monoisotopic (exact) mass is 520 g/mol. The number of nitrogens with zero attached hydrogens (tertiary/aromatic N) is 2. The van der Waals surface area contributed by atoms with Crippen molar-refractivity contribution in [2.24, 2.45) is 0 Å². The molecule has 0 spiro atoms. The van der Waals surface area contributed by atoms with Gasteiger partial charge in [0.2, 0.25) is 0 Å². The van der Waals surface area contributed by atoms with Crippen molar-refractivity contribution in [3.8, 4) is 17.1 Å². The van der Waals surface area contributed by atoms with Crippen LogP contribution in [0, 0.1) is 0 Å². The van der Waals surface area contributed by atoms with Crippen LogP contribution >= 0.6 is 0 Å². The van der Waals surface area contributed by atoms with E-state index in [0.29, 0.717) is 50.6 Å². The molecule has 8 nitrogen and oxygen atoms in total. The standard InChI is InChI=1S/C30H36N2O6/c33-29(34)10-2-1-5-19-38-28-8-4-3-7-26(28)30(35)32(16-15-31-17-21-36-22-18-31)23-24-11-13-25(14-12-24)27-9-6-20-37-27/h3-4,6-9,11-14,20H,1-2,5,10,15-19,21-23H2,(H,33,34). The lowest BCUT2D eigenvalue weighted by Crippen LogP contribution is -2.43. The Balaban J connectivity index is 1.44. The summed E-state index contributed by atoms with van der Waals surface area (Å²) in [6, 6.07) is 19.2. The molecule has 1 aliphatic heterocycles. The van der Waals surface area contributed by atoms with E-state index in [9.17, 15) is 9.59 Å². The van der Waals surface area contributed by atoms with Crippen molar-refractivity contribution in [1.82, 2.24) is 9.80 Å². The number of carboxylic acid groups (broad SMARTS) is 1. The van der Waals surface area contributed by atoms with Crippen molar-refractivity contribution >= 4 is 11.9 Å². The Hall–Kier alpha value is -3.62. The van der Waals surface area contributed by atoms with Gasteiger partial charge < -0.3 is 23.9 Å². The van der Waals surface area contributed by atoms with Crippen LogP contribution in [0.25, 0.3) is 11.3 Å². The first-order valence-electron chi connectivity index (χ1n) is 13.3. The number of hydrogen-bond donors (Lipinski definition) is 1. The molecule has 4 rings (SSSR count). The van der Waals surface area contributed by atoms with Gasteiger partial charge in [0.1, 0.15) is 11.5 Å². The van der Waals surface area contributed by atoms with Crippen molar-refractivity contribution in [3.63, 3.8) is 0 Å². The average Bonchev–Trinajstić information content (AvgIpc) is 3.49. The number of rotatable bonds is 14. The minimum absolute atomic E-state index is 0.0742. The molecule has 1 aliphatic rings. The number of benzene rings is 2. The van der Waals surface area contributed by atoms with E-state index in [1.165, 1.54) is 0 Å². The van der Waals surface area contributed by atoms with Gasteiger partial charge in [-0.2, -0.15) is 0 Å². The van der Waals surface area contributed by atoms with E-state index in [-0.39, 0.29) is 12.3 Å². The molecule has 0 saturated carbocycles. The molecular weight excluding hydrogens is 484 g/mol. The summed E-state index contributed by atoms with van der Waals surface area (Å²) in [5, 5.41) is 8.80. The normalized spacial score (nSPS) is 13.8. The summed E-state index contributed by atoms with van der Waals surface area (Å²) in [5.41, 5.74) is 2.56. The van der Waals surface area contributed by atoms with E-state index >= 15 is 0 Å². The summed E-state index contributed by atoms with van der Waals surface area (Å²) in [7, 11) is 0. The second kappa shape index (κ2) is 14.4. The highest BCUT2D eigenvalue weighted by molar-refractivity contribution is 5.97. The number of ether oxygens (including phenoxy) is 2. The first-order valence-corrected chi connectivity index (χ1v) is 13.3. The molecule has 202 valence electrons. The second-order valence-corrected chi connectivity index (χ2v) is 9.40. The van der Waals surface area contributed by atoms with Crippen LogP contribution in [0.5, 0.6) is 5.75 Å². The summed E-state index contributed by atoms with van der Waals surface area (Å²) in [4.78, 5) is 28.7. The van der Waals surface area contributed by atoms with E-state index < -0.39 is 5.97 Å². The van der Waals surface area contributed by atoms with Crippen LogP contribution in [0.1, 0.15) is 41.6 Å². The maximum atomic E-state index is 13.8. The number of aliphatic carboxylic acids is 1. The number of amides is 1. The Labute approximate surface area is 223 Å². The molecule has 2 heterocycles. The van der Waals surface area contributed by atoms with Gasteiger partial charge in [0.15, 0.2) is 0 Å². The largest absolute Gasteiger partial charge is 0.493 e. The molecule has 1 aromatic heterocycles. The molecule has 1 saturated heterocycles. The minimum atomic E-state index is -0.783. The highest BCUT2D eigenvalue weighted by atomic mass is 16.5. The second-order valence-electron chi connectivity index (χ2n) is 9.40. The lowest BCUT2D eigenvalue weighted by atomic mass is 10.1. The van der Waals surface area contributed by atoms with Gasteiger partial charge in [-0.3, -0.25) is 14.5 Å². The fourth-order valence-corrected chi connectivity index (χ4v) is 4.45. The summed E-state index contributed by atoms with van der Waals surface area (Å²) in [5.74, 6) is 0.510. The maximum Gasteiger partial charge on any atom is 0.303 e. The molecule has 0 atom stereocenters. The topological polar surface area (TPSA) is 92.5 Å². The first kappa shape index (κ1) is 27.4. The molecule has 3 aromatic rings. The van der Waals surface area contributed by atoms with Crippen molar-refractivity contribution in [3.05, 3.63) is 78.1 Å². The molecular formula is C30H36N2O6. The summed E-state index contributed by atoms with van der Waals surface area (Å²) < 4.78 is 17.0. The number of para-hydroxylation sites is 1. The first-order chi connectivity index (χ1) is 18.6. The van der Waals surface area contributed by atoms with Gasteiger partial charge in [-0.25, -0.2) is 0 Å². The van der Waals surface area contributed by atoms with E-state index in [0.717, 1.165) is 49.4 Å². The molecule has 0 bridgehead atoms. The molecule has 0 radical (unpaired) electrons. The summed E-state index contributed by atoms with van der Waals surface area (Å²) in [6.45, 7) is 5.42. The third-order valence-electron chi connectivity index (χ3n) is 6.62. The van der Waals surface area contributed by atoms with Crippen molar-refractivity contribution in [1.29, 1.82) is 0 Å². The van der Waals surface area contributed by atoms with Gasteiger partial charge in [0, 0.05) is 44.7 Å². The number of carbonyl (C=O) groups excluding carboxylic acids is 1. The Morgan fingerprint density at radius 2 is 1.74 bits per heavy atom. The number of carboxylic acids is 1. The third kappa shape index (κ3) is 8.19. The predicted molar refractivity (Wildman–Crippen MR) is 144 cm³/mol. The zero-order valence-corrected chi connectivity index (χ0v) is 21.7. The predicted octanol–water partition coefficient (Wildman–Crippen LogP) is 4.95. The Bertz CT molecular complexity index is 1140. The molecule has 0 unspecified atom stereocenters. The zero-order chi connectivity index (χ0) is 26.6. The minimum Gasteiger partial charge on any atom is -0.493 e. The van der Waals surface area contributed by atoms with Crippen LogP contribution in [0.15, 0.2) is 71.3 Å². The van der Waals surface area contributed by atoms with Gasteiger partial charge in [-0.1, -0.05) is 36.4 Å². The Morgan fingerprint density at radius 3 is 2.47 bits per heavy atom. The SMILES string of the molecule is O=C(O)CCCCCOc1ccccc1C(=O)N(CCN1CCOCC1)Cc1ccc(-c2ccco2)cc1. The van der Waals surface area contributed by atoms with Crippen molar-refractivity contribution in [2.45, 2.75) is 32.2 Å². The Morgan fingerprint density at radius 1 is 0.947 bits per heavy atom. The van der Waals surface area contributed by atoms with Gasteiger partial charge in [-0.05, 0) is 49.1 Å². The molecule has 8 heteroatoms. The van der Waals surface area contributed by atoms with Gasteiger partial charge in [0.25, 0.3) is 5.91 Å². The van der Waals surface area contributed by atoms with Crippen LogP contribution in [-0.2, 0) is 16.1 Å². The molecule has 1 fully saturated rings. The van der Waals surface area contributed by atoms with E-state index in [1.54, 1.807) is 6.26 Å². The Kier molecular flexibility index (Phi) is 10.4. The number of carbonyl (C=O) groups is 2. The third-order valence-corrected chi connectivity index (χ3v) is 6.62. The van der Waals surface area contributed by atoms with Crippen molar-refractivity contribution < 1.29 is 28.6 Å². The molecule has 1 N–H and O–H groups in total. The lowest BCUT2D eigenvalue weighted by Gasteiger charge is -2.30. The molecule has 1 amide bonds. The van der Waals surface area contributed by atoms with Crippen LogP contribution < -0.4 is 4.74 Å². The number of furan rings is 1. The van der Waals surface area contributed by atoms with Gasteiger partial charge in [0.05, 0.1) is 31.6 Å². The lowest BCUT2D eigenvalue weighted by molar-refractivity contribution is -0.137. The number of morpholine rings is 1. The molecule has 0 aliphatic carbocycles. The number of unbranched alkanes of at least 4 members (excludes halogenated alkanes) is 2. The summed E-state index contributed by atoms with van der Waals surface area (Å²) >= 11 is 0. The van der Waals surface area contributed by atoms with Crippen LogP contribution in [0.2, 0.25) is 0 Å². The van der Waals surface area contributed by atoms with Crippen molar-refractivity contribution in [2.75, 3.05) is 46.0 Å². The highest BCUT2D eigenvalue weighted by Gasteiger charge is 2.21. The van der Waals surface area contributed by atoms with E-state index in [2.05, 4.69) is 4.90 Å². The molecule has 2 aromatic carbocycles. The van der Waals surface area contributed by atoms with Gasteiger partial charge >= 0.3 is 5.97 Å². The maximum absolute atomic E-state index is 13.8. The van der Waals surface area contributed by atoms with Crippen LogP contribution in [0.4, 0.5) is 0 Å². The molecule has 38 heavy (non-hydrogen) atoms. The highest BCUT2D eigenvalue weighted by Crippen LogP contribution is 2.24. The summed E-state index contributed by atoms with van der Waals surface area (Å²) in [6.07, 6.45) is 3.94. The zero-order valence-electron chi connectivity index (χ0n) is 21.7. The quantitative estimate of drug-likeness (QED) is 0.301. The van der Waals surface area contributed by atoms with Crippen LogP contribution in [0.3, 0.4) is 0 Å². The van der Waals surface area contributed by atoms with E-state index in [4.69, 9.17) is 19.0 Å². The smallest absolute Gasteiger partial charge is 0.303 e. The fourth-order valence-electron chi connectivity index (χ4n) is 4.45. The average molecular weight is 521 g/mol. The van der Waals surface area contributed by atoms with E-state index in [1.807, 2.05) is 65.6 Å². The van der Waals surface area contributed by atoms with Crippen LogP contribution in [-0.4, -0.2) is 72.8 Å². The number of hydrogen-bond acceptors (Lipinski definition) is 6. The fraction of sp³-hybridized carbons (Fsp3) is 0.400. The van der Waals surface area contributed by atoms with Gasteiger partial charge in [-0.15, -0.1) is 0 Å².